The zero-order valence-electron chi connectivity index (χ0n) is 19.3. The van der Waals surface area contributed by atoms with Gasteiger partial charge in [-0.3, -0.25) is 9.69 Å². The molecule has 6 rings (SSSR count). The molecular weight excluding hydrogens is 440 g/mol. The van der Waals surface area contributed by atoms with Crippen molar-refractivity contribution in [3.05, 3.63) is 21.5 Å². The highest BCUT2D eigenvalue weighted by molar-refractivity contribution is 7.25. The highest BCUT2D eigenvalue weighted by Gasteiger charge is 2.33. The summed E-state index contributed by atoms with van der Waals surface area (Å²) in [7, 11) is 0. The summed E-state index contributed by atoms with van der Waals surface area (Å²) in [6.07, 6.45) is 3.15. The summed E-state index contributed by atoms with van der Waals surface area (Å²) in [5.74, 6) is 1.03. The van der Waals surface area contributed by atoms with E-state index >= 15 is 0 Å². The van der Waals surface area contributed by atoms with Crippen LogP contribution in [0.15, 0.2) is 4.79 Å². The van der Waals surface area contributed by atoms with Gasteiger partial charge in [-0.05, 0) is 32.3 Å². The van der Waals surface area contributed by atoms with Gasteiger partial charge in [0, 0.05) is 50.1 Å². The third-order valence-electron chi connectivity index (χ3n) is 7.04. The van der Waals surface area contributed by atoms with Crippen LogP contribution in [0.25, 0.3) is 20.4 Å². The normalized spacial score (nSPS) is 21.2. The van der Waals surface area contributed by atoms with Gasteiger partial charge in [-0.1, -0.05) is 5.21 Å². The quantitative estimate of drug-likeness (QED) is 0.574. The number of hydrogen-bond acceptors (Lipinski definition) is 9. The van der Waals surface area contributed by atoms with Crippen molar-refractivity contribution in [3.8, 4) is 0 Å². The number of pyridine rings is 1. The Labute approximate surface area is 196 Å². The van der Waals surface area contributed by atoms with Crippen LogP contribution < -0.4 is 10.5 Å². The van der Waals surface area contributed by atoms with E-state index in [4.69, 9.17) is 14.5 Å². The number of aromatic nitrogens is 4. The first-order valence-corrected chi connectivity index (χ1v) is 12.7. The van der Waals surface area contributed by atoms with E-state index in [0.29, 0.717) is 23.4 Å². The van der Waals surface area contributed by atoms with E-state index in [2.05, 4.69) is 34.0 Å². The van der Waals surface area contributed by atoms with Crippen LogP contribution in [0.5, 0.6) is 0 Å². The van der Waals surface area contributed by atoms with Crippen molar-refractivity contribution in [1.82, 2.24) is 24.9 Å². The highest BCUT2D eigenvalue weighted by atomic mass is 32.1. The number of morpholine rings is 1. The van der Waals surface area contributed by atoms with Crippen LogP contribution >= 0.6 is 11.3 Å². The summed E-state index contributed by atoms with van der Waals surface area (Å²) < 4.78 is 13.8. The number of anilines is 1. The maximum atomic E-state index is 13.4. The molecule has 176 valence electrons. The van der Waals surface area contributed by atoms with Crippen molar-refractivity contribution in [1.29, 1.82) is 0 Å². The Hall–Kier alpha value is -2.14. The highest BCUT2D eigenvalue weighted by Crippen LogP contribution is 2.42. The van der Waals surface area contributed by atoms with Crippen molar-refractivity contribution in [2.75, 3.05) is 50.8 Å². The Balaban J connectivity index is 1.45. The SMILES string of the molecule is CC1(C)Cc2c(c(N3CCCC3)nc3sc4c(=O)n(CCN5CCOCC5)nnc4c23)CO1. The van der Waals surface area contributed by atoms with Gasteiger partial charge in [0.2, 0.25) is 0 Å². The summed E-state index contributed by atoms with van der Waals surface area (Å²) in [6, 6.07) is 0. The molecular formula is C23H30N6O3S. The van der Waals surface area contributed by atoms with Gasteiger partial charge in [-0.25, -0.2) is 9.67 Å². The fourth-order valence-corrected chi connectivity index (χ4v) is 6.28. The smallest absolute Gasteiger partial charge is 0.287 e. The Kier molecular flexibility index (Phi) is 5.36. The zero-order valence-corrected chi connectivity index (χ0v) is 20.1. The van der Waals surface area contributed by atoms with Crippen LogP contribution in [-0.2, 0) is 29.0 Å². The molecule has 0 aromatic carbocycles. The standard InChI is InChI=1S/C23H30N6O3S/c1-23(2)13-15-16(14-32-23)20(28-5-3-4-6-28)24-21-17(15)18-19(33-21)22(30)29(26-25-18)8-7-27-9-11-31-12-10-27/h3-14H2,1-2H3. The molecule has 2 fully saturated rings. The lowest BCUT2D eigenvalue weighted by molar-refractivity contribution is -0.0395. The molecule has 9 nitrogen and oxygen atoms in total. The van der Waals surface area contributed by atoms with Gasteiger partial charge in [0.25, 0.3) is 5.56 Å². The number of nitrogens with zero attached hydrogens (tertiary/aromatic N) is 6. The van der Waals surface area contributed by atoms with Crippen LogP contribution in [0.1, 0.15) is 37.8 Å². The Morgan fingerprint density at radius 3 is 2.64 bits per heavy atom. The average Bonchev–Trinajstić information content (AvgIpc) is 3.47. The van der Waals surface area contributed by atoms with E-state index in [0.717, 1.165) is 74.0 Å². The second-order valence-corrected chi connectivity index (χ2v) is 10.8. The van der Waals surface area contributed by atoms with E-state index < -0.39 is 0 Å². The van der Waals surface area contributed by atoms with Crippen LogP contribution in [0.2, 0.25) is 0 Å². The first-order valence-electron chi connectivity index (χ1n) is 11.9. The molecule has 6 heterocycles. The second-order valence-electron chi connectivity index (χ2n) is 9.84. The van der Waals surface area contributed by atoms with E-state index in [1.54, 1.807) is 0 Å². The molecule has 3 aromatic rings. The molecule has 3 aliphatic heterocycles. The molecule has 0 N–H and O–H groups in total. The van der Waals surface area contributed by atoms with Crippen LogP contribution in [-0.4, -0.2) is 76.4 Å². The third kappa shape index (κ3) is 3.82. The van der Waals surface area contributed by atoms with Crippen LogP contribution in [0, 0.1) is 0 Å². The Bertz CT molecular complexity index is 1260. The molecule has 10 heteroatoms. The van der Waals surface area contributed by atoms with Crippen LogP contribution in [0.3, 0.4) is 0 Å². The first kappa shape index (κ1) is 21.4. The second kappa shape index (κ2) is 8.26. The maximum absolute atomic E-state index is 13.4. The van der Waals surface area contributed by atoms with Gasteiger partial charge in [-0.2, -0.15) is 0 Å². The lowest BCUT2D eigenvalue weighted by Gasteiger charge is -2.34. The molecule has 0 spiro atoms. The third-order valence-corrected chi connectivity index (χ3v) is 8.10. The number of fused-ring (bicyclic) bond motifs is 5. The minimum Gasteiger partial charge on any atom is -0.379 e. The summed E-state index contributed by atoms with van der Waals surface area (Å²) >= 11 is 1.46. The van der Waals surface area contributed by atoms with Crippen LogP contribution in [0.4, 0.5) is 5.82 Å². The molecule has 0 radical (unpaired) electrons. The van der Waals surface area contributed by atoms with Gasteiger partial charge in [0.05, 0.1) is 32.0 Å². The fraction of sp³-hybridized carbons (Fsp3) is 0.652. The van der Waals surface area contributed by atoms with Crippen molar-refractivity contribution >= 4 is 37.6 Å². The molecule has 0 amide bonds. The number of rotatable bonds is 4. The molecule has 0 bridgehead atoms. The molecule has 2 saturated heterocycles. The van der Waals surface area contributed by atoms with Gasteiger partial charge in [0.15, 0.2) is 0 Å². The van der Waals surface area contributed by atoms with Gasteiger partial charge < -0.3 is 14.4 Å². The Morgan fingerprint density at radius 2 is 1.85 bits per heavy atom. The fourth-order valence-electron chi connectivity index (χ4n) is 5.20. The van der Waals surface area contributed by atoms with E-state index in [9.17, 15) is 4.79 Å². The molecule has 3 aliphatic rings. The minimum atomic E-state index is -0.265. The number of thiophene rings is 1. The van der Waals surface area contributed by atoms with E-state index in [1.807, 2.05) is 0 Å². The molecule has 0 atom stereocenters. The Morgan fingerprint density at radius 1 is 1.06 bits per heavy atom. The zero-order chi connectivity index (χ0) is 22.6. The molecule has 3 aromatic heterocycles. The van der Waals surface area contributed by atoms with Gasteiger partial charge in [-0.15, -0.1) is 16.4 Å². The summed E-state index contributed by atoms with van der Waals surface area (Å²) in [6.45, 7) is 11.4. The van der Waals surface area contributed by atoms with Crippen molar-refractivity contribution in [2.45, 2.75) is 51.9 Å². The van der Waals surface area contributed by atoms with Crippen molar-refractivity contribution in [2.24, 2.45) is 0 Å². The van der Waals surface area contributed by atoms with E-state index in [-0.39, 0.29) is 11.2 Å². The minimum absolute atomic E-state index is 0.0703. The lowest BCUT2D eigenvalue weighted by atomic mass is 9.90. The largest absolute Gasteiger partial charge is 0.379 e. The number of hydrogen-bond donors (Lipinski definition) is 0. The summed E-state index contributed by atoms with van der Waals surface area (Å²) in [4.78, 5) is 24.0. The number of ether oxygens (including phenoxy) is 2. The first-order chi connectivity index (χ1) is 16.0. The average molecular weight is 471 g/mol. The van der Waals surface area contributed by atoms with Gasteiger partial charge in [0.1, 0.15) is 20.9 Å². The lowest BCUT2D eigenvalue weighted by Crippen LogP contribution is -2.39. The molecule has 0 saturated carbocycles. The summed E-state index contributed by atoms with van der Waals surface area (Å²) in [5, 5.41) is 9.89. The van der Waals surface area contributed by atoms with Gasteiger partial charge >= 0.3 is 0 Å². The predicted octanol–water partition coefficient (Wildman–Crippen LogP) is 2.18. The predicted molar refractivity (Wildman–Crippen MR) is 128 cm³/mol. The summed E-state index contributed by atoms with van der Waals surface area (Å²) in [5.41, 5.74) is 2.74. The maximum Gasteiger partial charge on any atom is 0.287 e. The van der Waals surface area contributed by atoms with Crippen molar-refractivity contribution in [3.63, 3.8) is 0 Å². The molecule has 33 heavy (non-hydrogen) atoms. The monoisotopic (exact) mass is 470 g/mol. The van der Waals surface area contributed by atoms with Crippen molar-refractivity contribution < 1.29 is 9.47 Å². The topological polar surface area (TPSA) is 85.6 Å². The molecule has 0 unspecified atom stereocenters. The van der Waals surface area contributed by atoms with E-state index in [1.165, 1.54) is 34.4 Å². The molecule has 0 aliphatic carbocycles.